The number of hydrogen-bond donors (Lipinski definition) is 2. The fourth-order valence-electron chi connectivity index (χ4n) is 4.03. The number of methoxy groups -OCH3 is 1. The Morgan fingerprint density at radius 3 is 2.35 bits per heavy atom. The molecular weight excluding hydrogens is 424 g/mol. The molecule has 4 unspecified atom stereocenters. The first kappa shape index (κ1) is 22.3. The van der Waals surface area contributed by atoms with E-state index in [-0.39, 0.29) is 23.7 Å². The second-order valence-electron chi connectivity index (χ2n) is 7.73. The standard InChI is InChI=1S/C22H26O8S/c1-27-21-18(23)22(24,12-13-31(25,26)16-10-6-3-7-11-16)19-17(29-21)14-28-20(30-19)15-8-4-2-5-9-15/h2-11,17-21,23-24H,12-14H2,1H3/t17?,18?,19-,20?,21+,22?/m1/s1. The molecule has 0 spiro atoms. The predicted molar refractivity (Wildman–Crippen MR) is 110 cm³/mol. The van der Waals surface area contributed by atoms with Gasteiger partial charge in [0, 0.05) is 12.7 Å². The molecule has 0 bridgehead atoms. The molecule has 2 aliphatic rings. The number of aliphatic hydroxyl groups is 2. The average molecular weight is 451 g/mol. The summed E-state index contributed by atoms with van der Waals surface area (Å²) in [7, 11) is -2.35. The number of hydrogen-bond acceptors (Lipinski definition) is 8. The molecule has 4 rings (SSSR count). The van der Waals surface area contributed by atoms with Gasteiger partial charge in [0.25, 0.3) is 0 Å². The maximum absolute atomic E-state index is 12.8. The van der Waals surface area contributed by atoms with Crippen molar-refractivity contribution in [3.8, 4) is 0 Å². The van der Waals surface area contributed by atoms with E-state index in [9.17, 15) is 18.6 Å². The summed E-state index contributed by atoms with van der Waals surface area (Å²) in [5.41, 5.74) is -1.19. The SMILES string of the molecule is CO[C@H]1OC2COC(c3ccccc3)O[C@H]2C(O)(CCS(=O)(=O)c2ccccc2)C1O. The minimum Gasteiger partial charge on any atom is -0.385 e. The van der Waals surface area contributed by atoms with Crippen molar-refractivity contribution in [3.63, 3.8) is 0 Å². The molecule has 0 amide bonds. The van der Waals surface area contributed by atoms with Crippen LogP contribution in [0.5, 0.6) is 0 Å². The van der Waals surface area contributed by atoms with Crippen molar-refractivity contribution in [2.24, 2.45) is 0 Å². The van der Waals surface area contributed by atoms with Gasteiger partial charge in [-0.2, -0.15) is 0 Å². The van der Waals surface area contributed by atoms with Crippen LogP contribution in [0, 0.1) is 0 Å². The maximum Gasteiger partial charge on any atom is 0.186 e. The minimum atomic E-state index is -3.69. The van der Waals surface area contributed by atoms with Crippen LogP contribution in [0.15, 0.2) is 65.6 Å². The van der Waals surface area contributed by atoms with E-state index in [1.807, 2.05) is 30.3 Å². The van der Waals surface area contributed by atoms with Gasteiger partial charge in [-0.15, -0.1) is 0 Å². The van der Waals surface area contributed by atoms with Crippen LogP contribution >= 0.6 is 0 Å². The third-order valence-electron chi connectivity index (χ3n) is 5.77. The van der Waals surface area contributed by atoms with E-state index in [1.54, 1.807) is 18.2 Å². The summed E-state index contributed by atoms with van der Waals surface area (Å²) < 4.78 is 48.3. The van der Waals surface area contributed by atoms with Gasteiger partial charge >= 0.3 is 0 Å². The number of aliphatic hydroxyl groups excluding tert-OH is 1. The van der Waals surface area contributed by atoms with Gasteiger partial charge in [0.15, 0.2) is 22.4 Å². The first-order chi connectivity index (χ1) is 14.8. The summed E-state index contributed by atoms with van der Waals surface area (Å²) >= 11 is 0. The van der Waals surface area contributed by atoms with Gasteiger partial charge in [-0.05, 0) is 18.6 Å². The molecule has 2 aliphatic heterocycles. The van der Waals surface area contributed by atoms with Crippen molar-refractivity contribution in [3.05, 3.63) is 66.2 Å². The molecule has 31 heavy (non-hydrogen) atoms. The van der Waals surface area contributed by atoms with Gasteiger partial charge in [-0.3, -0.25) is 0 Å². The largest absolute Gasteiger partial charge is 0.385 e. The Morgan fingerprint density at radius 2 is 1.71 bits per heavy atom. The fourth-order valence-corrected chi connectivity index (χ4v) is 5.44. The molecule has 0 aromatic heterocycles. The predicted octanol–water partition coefficient (Wildman–Crippen LogP) is 1.43. The summed E-state index contributed by atoms with van der Waals surface area (Å²) in [6.07, 6.45) is -5.46. The van der Waals surface area contributed by atoms with E-state index in [4.69, 9.17) is 18.9 Å². The molecule has 2 N–H and O–H groups in total. The second kappa shape index (κ2) is 8.95. The number of rotatable bonds is 6. The molecule has 9 heteroatoms. The van der Waals surface area contributed by atoms with Gasteiger partial charge in [0.1, 0.15) is 23.9 Å². The van der Waals surface area contributed by atoms with Crippen molar-refractivity contribution in [2.75, 3.05) is 19.5 Å². The van der Waals surface area contributed by atoms with Crippen LogP contribution in [0.4, 0.5) is 0 Å². The molecule has 2 aromatic carbocycles. The fraction of sp³-hybridized carbons (Fsp3) is 0.455. The molecule has 0 radical (unpaired) electrons. The topological polar surface area (TPSA) is 112 Å². The highest BCUT2D eigenvalue weighted by molar-refractivity contribution is 7.91. The first-order valence-corrected chi connectivity index (χ1v) is 11.7. The third-order valence-corrected chi connectivity index (χ3v) is 7.50. The molecule has 168 valence electrons. The van der Waals surface area contributed by atoms with Crippen LogP contribution in [-0.4, -0.2) is 68.3 Å². The highest BCUT2D eigenvalue weighted by Crippen LogP contribution is 2.41. The third kappa shape index (κ3) is 4.40. The summed E-state index contributed by atoms with van der Waals surface area (Å²) in [4.78, 5) is 0.148. The van der Waals surface area contributed by atoms with E-state index in [0.29, 0.717) is 0 Å². The van der Waals surface area contributed by atoms with Crippen molar-refractivity contribution < 1.29 is 37.6 Å². The van der Waals surface area contributed by atoms with Crippen LogP contribution < -0.4 is 0 Å². The van der Waals surface area contributed by atoms with Crippen LogP contribution in [0.2, 0.25) is 0 Å². The Hall–Kier alpha value is -1.85. The number of fused-ring (bicyclic) bond motifs is 1. The second-order valence-corrected chi connectivity index (χ2v) is 9.84. The van der Waals surface area contributed by atoms with Crippen molar-refractivity contribution >= 4 is 9.84 Å². The Bertz CT molecular complexity index is 968. The van der Waals surface area contributed by atoms with E-state index < -0.39 is 46.3 Å². The normalized spacial score (nSPS) is 33.6. The van der Waals surface area contributed by atoms with Gasteiger partial charge in [-0.25, -0.2) is 8.42 Å². The van der Waals surface area contributed by atoms with Gasteiger partial charge < -0.3 is 29.2 Å². The summed E-state index contributed by atoms with van der Waals surface area (Å²) in [6.45, 7) is 0.0879. The average Bonchev–Trinajstić information content (AvgIpc) is 2.81. The van der Waals surface area contributed by atoms with Crippen LogP contribution in [0.1, 0.15) is 18.3 Å². The molecule has 2 saturated heterocycles. The Balaban J connectivity index is 1.60. The van der Waals surface area contributed by atoms with Crippen molar-refractivity contribution in [1.82, 2.24) is 0 Å². The Kier molecular flexibility index (Phi) is 6.45. The molecule has 2 aromatic rings. The quantitative estimate of drug-likeness (QED) is 0.680. The molecule has 0 aliphatic carbocycles. The smallest absolute Gasteiger partial charge is 0.186 e. The number of benzene rings is 2. The minimum absolute atomic E-state index is 0.0879. The Labute approximate surface area is 181 Å². The van der Waals surface area contributed by atoms with E-state index in [0.717, 1.165) is 5.56 Å². The lowest BCUT2D eigenvalue weighted by Crippen LogP contribution is -2.70. The zero-order valence-corrected chi connectivity index (χ0v) is 17.9. The van der Waals surface area contributed by atoms with Crippen molar-refractivity contribution in [2.45, 2.75) is 47.8 Å². The lowest BCUT2D eigenvalue weighted by Gasteiger charge is -2.52. The van der Waals surface area contributed by atoms with Crippen LogP contribution in [0.3, 0.4) is 0 Å². The Morgan fingerprint density at radius 1 is 1.06 bits per heavy atom. The molecule has 2 fully saturated rings. The van der Waals surface area contributed by atoms with E-state index in [1.165, 1.54) is 19.2 Å². The lowest BCUT2D eigenvalue weighted by molar-refractivity contribution is -0.384. The van der Waals surface area contributed by atoms with Crippen LogP contribution in [0.25, 0.3) is 0 Å². The van der Waals surface area contributed by atoms with Gasteiger partial charge in [-0.1, -0.05) is 48.5 Å². The number of sulfone groups is 1. The van der Waals surface area contributed by atoms with E-state index in [2.05, 4.69) is 0 Å². The van der Waals surface area contributed by atoms with Gasteiger partial charge in [0.2, 0.25) is 0 Å². The number of ether oxygens (including phenoxy) is 4. The monoisotopic (exact) mass is 450 g/mol. The molecular formula is C22H26O8S. The first-order valence-electron chi connectivity index (χ1n) is 10.0. The molecule has 0 saturated carbocycles. The van der Waals surface area contributed by atoms with Crippen molar-refractivity contribution in [1.29, 1.82) is 0 Å². The van der Waals surface area contributed by atoms with E-state index >= 15 is 0 Å². The highest BCUT2D eigenvalue weighted by Gasteiger charge is 2.58. The summed E-state index contributed by atoms with van der Waals surface area (Å²) in [5, 5.41) is 22.4. The maximum atomic E-state index is 12.8. The zero-order valence-electron chi connectivity index (χ0n) is 17.0. The molecule has 8 nitrogen and oxygen atoms in total. The molecule has 6 atom stereocenters. The lowest BCUT2D eigenvalue weighted by atomic mass is 9.81. The summed E-state index contributed by atoms with van der Waals surface area (Å²) in [6, 6.07) is 17.2. The van der Waals surface area contributed by atoms with Crippen LogP contribution in [-0.2, 0) is 28.8 Å². The molecule has 2 heterocycles. The highest BCUT2D eigenvalue weighted by atomic mass is 32.2. The zero-order chi connectivity index (χ0) is 22.1. The summed E-state index contributed by atoms with van der Waals surface area (Å²) in [5.74, 6) is -0.384. The van der Waals surface area contributed by atoms with Gasteiger partial charge in [0.05, 0.1) is 17.3 Å².